The molecule has 0 saturated carbocycles. The van der Waals surface area contributed by atoms with Gasteiger partial charge in [0.05, 0.1) is 12.6 Å². The Kier molecular flexibility index (Phi) is 6.08. The molecule has 27 heavy (non-hydrogen) atoms. The van der Waals surface area contributed by atoms with Crippen LogP contribution < -0.4 is 10.6 Å². The molecule has 1 unspecified atom stereocenters. The molecule has 2 aromatic carbocycles. The topological polar surface area (TPSA) is 58.8 Å². The molecule has 1 atom stereocenters. The van der Waals surface area contributed by atoms with Gasteiger partial charge in [0, 0.05) is 31.7 Å². The van der Waals surface area contributed by atoms with Crippen LogP contribution >= 0.6 is 0 Å². The highest BCUT2D eigenvalue weighted by atomic mass is 19.1. The van der Waals surface area contributed by atoms with Gasteiger partial charge >= 0.3 is 0 Å². The standard InChI is InChI=1S/C21H24FN3O2/c1-14(20-11-16-6-4-5-7-19(16)27-20)25-21(23-2)24-12-15-8-9-18(22)17(10-15)13-26-3/h4-11,14H,12-13H2,1-3H3,(H2,23,24,25). The number of halogens is 1. The minimum Gasteiger partial charge on any atom is -0.459 e. The molecule has 0 radical (unpaired) electrons. The van der Waals surface area contributed by atoms with Crippen LogP contribution in [0.25, 0.3) is 11.0 Å². The number of fused-ring (bicyclic) bond motifs is 1. The van der Waals surface area contributed by atoms with E-state index in [4.69, 9.17) is 9.15 Å². The van der Waals surface area contributed by atoms with Gasteiger partial charge in [0.1, 0.15) is 17.2 Å². The molecule has 5 nitrogen and oxygen atoms in total. The van der Waals surface area contributed by atoms with Crippen molar-refractivity contribution in [1.82, 2.24) is 10.6 Å². The van der Waals surface area contributed by atoms with Crippen LogP contribution in [0.1, 0.15) is 29.9 Å². The molecule has 6 heteroatoms. The van der Waals surface area contributed by atoms with Gasteiger partial charge in [0.15, 0.2) is 5.96 Å². The van der Waals surface area contributed by atoms with Crippen LogP contribution in [0.15, 0.2) is 57.9 Å². The van der Waals surface area contributed by atoms with Gasteiger partial charge in [-0.3, -0.25) is 4.99 Å². The molecular weight excluding hydrogens is 345 g/mol. The van der Waals surface area contributed by atoms with Gasteiger partial charge in [0.25, 0.3) is 0 Å². The van der Waals surface area contributed by atoms with Gasteiger partial charge < -0.3 is 19.8 Å². The Labute approximate surface area is 158 Å². The van der Waals surface area contributed by atoms with Crippen LogP contribution in [0.4, 0.5) is 4.39 Å². The zero-order valence-electron chi connectivity index (χ0n) is 15.8. The molecule has 1 aromatic heterocycles. The Morgan fingerprint density at radius 3 is 2.78 bits per heavy atom. The molecule has 2 N–H and O–H groups in total. The SMILES string of the molecule is CN=C(NCc1ccc(F)c(COC)c1)NC(C)c1cc2ccccc2o1. The van der Waals surface area contributed by atoms with Crippen molar-refractivity contribution in [3.63, 3.8) is 0 Å². The smallest absolute Gasteiger partial charge is 0.191 e. The van der Waals surface area contributed by atoms with Crippen molar-refractivity contribution >= 4 is 16.9 Å². The van der Waals surface area contributed by atoms with E-state index in [1.165, 1.54) is 6.07 Å². The van der Waals surface area contributed by atoms with Gasteiger partial charge in [-0.2, -0.15) is 0 Å². The summed E-state index contributed by atoms with van der Waals surface area (Å²) in [6.07, 6.45) is 0. The van der Waals surface area contributed by atoms with Gasteiger partial charge in [-0.05, 0) is 36.8 Å². The first-order valence-corrected chi connectivity index (χ1v) is 8.82. The molecule has 0 aliphatic heterocycles. The second kappa shape index (κ2) is 8.68. The first-order valence-electron chi connectivity index (χ1n) is 8.82. The van der Waals surface area contributed by atoms with E-state index in [2.05, 4.69) is 15.6 Å². The maximum absolute atomic E-state index is 13.7. The van der Waals surface area contributed by atoms with Crippen LogP contribution in [0, 0.1) is 5.82 Å². The molecule has 3 aromatic rings. The summed E-state index contributed by atoms with van der Waals surface area (Å²) in [7, 11) is 3.26. The third-order valence-electron chi connectivity index (χ3n) is 4.32. The third-order valence-corrected chi connectivity index (χ3v) is 4.32. The number of para-hydroxylation sites is 1. The summed E-state index contributed by atoms with van der Waals surface area (Å²) in [6.45, 7) is 2.78. The predicted molar refractivity (Wildman–Crippen MR) is 105 cm³/mol. The van der Waals surface area contributed by atoms with Crippen LogP contribution in [-0.2, 0) is 17.9 Å². The van der Waals surface area contributed by atoms with E-state index in [0.29, 0.717) is 18.1 Å². The van der Waals surface area contributed by atoms with E-state index in [-0.39, 0.29) is 18.5 Å². The zero-order valence-corrected chi connectivity index (χ0v) is 15.8. The normalized spacial score (nSPS) is 13.0. The van der Waals surface area contributed by atoms with Crippen molar-refractivity contribution in [1.29, 1.82) is 0 Å². The highest BCUT2D eigenvalue weighted by Gasteiger charge is 2.13. The largest absolute Gasteiger partial charge is 0.459 e. The summed E-state index contributed by atoms with van der Waals surface area (Å²) in [5.74, 6) is 1.21. The minimum atomic E-state index is -0.262. The summed E-state index contributed by atoms with van der Waals surface area (Å²) in [6, 6.07) is 14.9. The quantitative estimate of drug-likeness (QED) is 0.506. The number of furan rings is 1. The fourth-order valence-corrected chi connectivity index (χ4v) is 2.88. The third kappa shape index (κ3) is 4.65. The number of nitrogens with one attached hydrogen (secondary N) is 2. The number of hydrogen-bond acceptors (Lipinski definition) is 3. The first kappa shape index (κ1) is 18.9. The first-order chi connectivity index (χ1) is 13.1. The van der Waals surface area contributed by atoms with Crippen LogP contribution in [0.3, 0.4) is 0 Å². The highest BCUT2D eigenvalue weighted by molar-refractivity contribution is 5.81. The second-order valence-corrected chi connectivity index (χ2v) is 6.34. The maximum atomic E-state index is 13.7. The molecule has 0 saturated heterocycles. The van der Waals surface area contributed by atoms with Crippen molar-refractivity contribution in [2.24, 2.45) is 4.99 Å². The summed E-state index contributed by atoms with van der Waals surface area (Å²) < 4.78 is 24.6. The van der Waals surface area contributed by atoms with Crippen LogP contribution in [-0.4, -0.2) is 20.1 Å². The molecule has 0 fully saturated rings. The van der Waals surface area contributed by atoms with Crippen molar-refractivity contribution < 1.29 is 13.5 Å². The molecule has 0 aliphatic rings. The number of nitrogens with zero attached hydrogens (tertiary/aromatic N) is 1. The van der Waals surface area contributed by atoms with E-state index in [1.807, 2.05) is 37.3 Å². The fourth-order valence-electron chi connectivity index (χ4n) is 2.88. The molecule has 142 valence electrons. The van der Waals surface area contributed by atoms with Gasteiger partial charge in [-0.25, -0.2) is 4.39 Å². The highest BCUT2D eigenvalue weighted by Crippen LogP contribution is 2.23. The van der Waals surface area contributed by atoms with Gasteiger partial charge in [-0.1, -0.05) is 24.3 Å². The van der Waals surface area contributed by atoms with Crippen LogP contribution in [0.2, 0.25) is 0 Å². The summed E-state index contributed by atoms with van der Waals surface area (Å²) >= 11 is 0. The average molecular weight is 369 g/mol. The van der Waals surface area contributed by atoms with E-state index >= 15 is 0 Å². The average Bonchev–Trinajstić information content (AvgIpc) is 3.12. The molecule has 0 aliphatic carbocycles. The number of benzene rings is 2. The van der Waals surface area contributed by atoms with Crippen molar-refractivity contribution in [2.75, 3.05) is 14.2 Å². The summed E-state index contributed by atoms with van der Waals surface area (Å²) in [5, 5.41) is 7.62. The lowest BCUT2D eigenvalue weighted by molar-refractivity contribution is 0.181. The lowest BCUT2D eigenvalue weighted by Gasteiger charge is -2.16. The molecular formula is C21H24FN3O2. The maximum Gasteiger partial charge on any atom is 0.191 e. The van der Waals surface area contributed by atoms with Crippen LogP contribution in [0.5, 0.6) is 0 Å². The Hall–Kier alpha value is -2.86. The van der Waals surface area contributed by atoms with Gasteiger partial charge in [0.2, 0.25) is 0 Å². The number of rotatable bonds is 6. The number of methoxy groups -OCH3 is 1. The number of hydrogen-bond donors (Lipinski definition) is 2. The van der Waals surface area contributed by atoms with Crippen molar-refractivity contribution in [2.45, 2.75) is 26.1 Å². The Bertz CT molecular complexity index is 903. The summed E-state index contributed by atoms with van der Waals surface area (Å²) in [5.41, 5.74) is 2.35. The number of ether oxygens (including phenoxy) is 1. The predicted octanol–water partition coefficient (Wildman–Crippen LogP) is 4.14. The monoisotopic (exact) mass is 369 g/mol. The van der Waals surface area contributed by atoms with E-state index in [0.717, 1.165) is 22.3 Å². The van der Waals surface area contributed by atoms with E-state index in [9.17, 15) is 4.39 Å². The van der Waals surface area contributed by atoms with Crippen molar-refractivity contribution in [3.05, 3.63) is 71.2 Å². The Morgan fingerprint density at radius 2 is 2.04 bits per heavy atom. The molecule has 3 rings (SSSR count). The fraction of sp³-hybridized carbons (Fsp3) is 0.286. The Morgan fingerprint density at radius 1 is 1.22 bits per heavy atom. The lowest BCUT2D eigenvalue weighted by Crippen LogP contribution is -2.38. The summed E-state index contributed by atoms with van der Waals surface area (Å²) in [4.78, 5) is 4.25. The lowest BCUT2D eigenvalue weighted by atomic mass is 10.1. The molecule has 1 heterocycles. The Balaban J connectivity index is 1.63. The van der Waals surface area contributed by atoms with Crippen molar-refractivity contribution in [3.8, 4) is 0 Å². The molecule has 0 spiro atoms. The van der Waals surface area contributed by atoms with E-state index in [1.54, 1.807) is 26.3 Å². The van der Waals surface area contributed by atoms with Gasteiger partial charge in [-0.15, -0.1) is 0 Å². The van der Waals surface area contributed by atoms with E-state index < -0.39 is 0 Å². The second-order valence-electron chi connectivity index (χ2n) is 6.34. The minimum absolute atomic E-state index is 0.0547. The number of aliphatic imine (C=N–C) groups is 1. The molecule has 0 bridgehead atoms. The zero-order chi connectivity index (χ0) is 19.2. The molecule has 0 amide bonds. The number of guanidine groups is 1.